The zero-order chi connectivity index (χ0) is 10.8. The van der Waals surface area contributed by atoms with Gasteiger partial charge in [0.15, 0.2) is 0 Å². The molecule has 0 saturated carbocycles. The molecule has 1 aliphatic carbocycles. The number of fused-ring (bicyclic) bond motifs is 1. The lowest BCUT2D eigenvalue weighted by atomic mass is 9.93. The summed E-state index contributed by atoms with van der Waals surface area (Å²) < 4.78 is 0. The van der Waals surface area contributed by atoms with Crippen LogP contribution < -0.4 is 11.1 Å². The van der Waals surface area contributed by atoms with Gasteiger partial charge in [-0.2, -0.15) is 0 Å². The van der Waals surface area contributed by atoms with Crippen LogP contribution in [0.1, 0.15) is 43.2 Å². The quantitative estimate of drug-likeness (QED) is 0.827. The number of rotatable bonds is 3. The van der Waals surface area contributed by atoms with Crippen LogP contribution in [0.15, 0.2) is 11.4 Å². The van der Waals surface area contributed by atoms with Gasteiger partial charge >= 0.3 is 0 Å². The van der Waals surface area contributed by atoms with Gasteiger partial charge in [0.1, 0.15) is 0 Å². The molecule has 2 rings (SSSR count). The largest absolute Gasteiger partial charge is 0.327 e. The predicted octanol–water partition coefficient (Wildman–Crippen LogP) is 2.45. The Morgan fingerprint density at radius 3 is 3.07 bits per heavy atom. The lowest BCUT2D eigenvalue weighted by Crippen LogP contribution is -2.43. The van der Waals surface area contributed by atoms with E-state index in [1.165, 1.54) is 24.8 Å². The lowest BCUT2D eigenvalue weighted by Gasteiger charge is -2.28. The van der Waals surface area contributed by atoms with Gasteiger partial charge in [-0.1, -0.05) is 0 Å². The van der Waals surface area contributed by atoms with Crippen molar-refractivity contribution in [3.05, 3.63) is 21.9 Å². The van der Waals surface area contributed by atoms with Crippen molar-refractivity contribution in [3.8, 4) is 0 Å². The third-order valence-electron chi connectivity index (χ3n) is 3.30. The highest BCUT2D eigenvalue weighted by Gasteiger charge is 2.22. The van der Waals surface area contributed by atoms with Crippen LogP contribution in [0.2, 0.25) is 0 Å². The van der Waals surface area contributed by atoms with Crippen molar-refractivity contribution < 1.29 is 0 Å². The van der Waals surface area contributed by atoms with E-state index in [0.29, 0.717) is 12.1 Å². The van der Waals surface area contributed by atoms with Crippen molar-refractivity contribution in [1.82, 2.24) is 5.32 Å². The molecule has 0 aliphatic heterocycles. The van der Waals surface area contributed by atoms with Crippen molar-refractivity contribution in [1.29, 1.82) is 0 Å². The SMILES string of the molecule is CC(N)C(C)NC1CCCc2sccc21. The van der Waals surface area contributed by atoms with Gasteiger partial charge in [0.05, 0.1) is 0 Å². The van der Waals surface area contributed by atoms with Crippen molar-refractivity contribution in [3.63, 3.8) is 0 Å². The molecule has 3 unspecified atom stereocenters. The maximum atomic E-state index is 5.89. The molecule has 1 aromatic heterocycles. The summed E-state index contributed by atoms with van der Waals surface area (Å²) in [5.74, 6) is 0. The molecule has 3 atom stereocenters. The zero-order valence-corrected chi connectivity index (χ0v) is 10.3. The first-order valence-corrected chi connectivity index (χ1v) is 6.64. The average Bonchev–Trinajstić information content (AvgIpc) is 2.66. The number of nitrogens with two attached hydrogens (primary N) is 1. The molecule has 2 nitrogen and oxygen atoms in total. The molecule has 0 spiro atoms. The third-order valence-corrected chi connectivity index (χ3v) is 4.30. The van der Waals surface area contributed by atoms with Gasteiger partial charge in [-0.05, 0) is 50.1 Å². The second-order valence-electron chi connectivity index (χ2n) is 4.56. The first kappa shape index (κ1) is 11.1. The van der Waals surface area contributed by atoms with E-state index in [0.717, 1.165) is 0 Å². The van der Waals surface area contributed by atoms with Gasteiger partial charge < -0.3 is 11.1 Å². The Hall–Kier alpha value is -0.380. The van der Waals surface area contributed by atoms with E-state index in [2.05, 4.69) is 30.6 Å². The maximum absolute atomic E-state index is 5.89. The fourth-order valence-corrected chi connectivity index (χ4v) is 3.12. The molecule has 0 bridgehead atoms. The Bertz CT molecular complexity index is 319. The van der Waals surface area contributed by atoms with Gasteiger partial charge in [0.2, 0.25) is 0 Å². The van der Waals surface area contributed by atoms with Crippen LogP contribution in [0.3, 0.4) is 0 Å². The van der Waals surface area contributed by atoms with Gasteiger partial charge in [0.25, 0.3) is 0 Å². The molecule has 0 aromatic carbocycles. The minimum atomic E-state index is 0.217. The molecule has 0 amide bonds. The molecule has 3 heteroatoms. The Balaban J connectivity index is 2.06. The third kappa shape index (κ3) is 2.41. The second kappa shape index (κ2) is 4.64. The molecule has 3 N–H and O–H groups in total. The smallest absolute Gasteiger partial charge is 0.0334 e. The van der Waals surface area contributed by atoms with Gasteiger partial charge in [-0.15, -0.1) is 11.3 Å². The van der Waals surface area contributed by atoms with Crippen LogP contribution in [0, 0.1) is 0 Å². The summed E-state index contributed by atoms with van der Waals surface area (Å²) in [7, 11) is 0. The number of hydrogen-bond acceptors (Lipinski definition) is 3. The van der Waals surface area contributed by atoms with Gasteiger partial charge in [-0.25, -0.2) is 0 Å². The molecule has 0 saturated heterocycles. The minimum absolute atomic E-state index is 0.217. The Kier molecular flexibility index (Phi) is 3.44. The van der Waals surface area contributed by atoms with Crippen molar-refractivity contribution in [2.24, 2.45) is 5.73 Å². The lowest BCUT2D eigenvalue weighted by molar-refractivity contribution is 0.381. The summed E-state index contributed by atoms with van der Waals surface area (Å²) in [5, 5.41) is 5.85. The summed E-state index contributed by atoms with van der Waals surface area (Å²) in [5.41, 5.74) is 7.40. The zero-order valence-electron chi connectivity index (χ0n) is 9.49. The number of hydrogen-bond donors (Lipinski definition) is 2. The highest BCUT2D eigenvalue weighted by molar-refractivity contribution is 7.10. The van der Waals surface area contributed by atoms with E-state index in [-0.39, 0.29) is 6.04 Å². The highest BCUT2D eigenvalue weighted by atomic mass is 32.1. The molecule has 0 fully saturated rings. The Morgan fingerprint density at radius 1 is 1.53 bits per heavy atom. The summed E-state index contributed by atoms with van der Waals surface area (Å²) in [6, 6.07) is 3.40. The van der Waals surface area contributed by atoms with Gasteiger partial charge in [-0.3, -0.25) is 0 Å². The van der Waals surface area contributed by atoms with Crippen LogP contribution >= 0.6 is 11.3 Å². The molecule has 0 radical (unpaired) electrons. The van der Waals surface area contributed by atoms with Crippen LogP contribution in [-0.2, 0) is 6.42 Å². The Morgan fingerprint density at radius 2 is 2.33 bits per heavy atom. The van der Waals surface area contributed by atoms with Crippen LogP contribution in [0.5, 0.6) is 0 Å². The fraction of sp³-hybridized carbons (Fsp3) is 0.667. The van der Waals surface area contributed by atoms with Crippen LogP contribution in [0.25, 0.3) is 0 Å². The van der Waals surface area contributed by atoms with E-state index in [1.807, 2.05) is 11.3 Å². The summed E-state index contributed by atoms with van der Waals surface area (Å²) >= 11 is 1.89. The van der Waals surface area contributed by atoms with E-state index in [9.17, 15) is 0 Å². The van der Waals surface area contributed by atoms with E-state index in [1.54, 1.807) is 4.88 Å². The first-order valence-electron chi connectivity index (χ1n) is 5.76. The van der Waals surface area contributed by atoms with E-state index in [4.69, 9.17) is 5.73 Å². The summed E-state index contributed by atoms with van der Waals surface area (Å²) in [4.78, 5) is 1.57. The van der Waals surface area contributed by atoms with Crippen LogP contribution in [0.4, 0.5) is 0 Å². The van der Waals surface area contributed by atoms with Crippen molar-refractivity contribution >= 4 is 11.3 Å². The van der Waals surface area contributed by atoms with Crippen molar-refractivity contribution in [2.75, 3.05) is 0 Å². The average molecular weight is 224 g/mol. The molecular formula is C12H20N2S. The predicted molar refractivity (Wildman–Crippen MR) is 66.2 cm³/mol. The Labute approximate surface area is 95.9 Å². The first-order chi connectivity index (χ1) is 7.18. The molecule has 84 valence electrons. The highest BCUT2D eigenvalue weighted by Crippen LogP contribution is 2.33. The normalized spacial score (nSPS) is 24.6. The summed E-state index contributed by atoms with van der Waals surface area (Å²) in [6.07, 6.45) is 3.81. The van der Waals surface area contributed by atoms with Crippen molar-refractivity contribution in [2.45, 2.75) is 51.2 Å². The topological polar surface area (TPSA) is 38.0 Å². The number of thiophene rings is 1. The second-order valence-corrected chi connectivity index (χ2v) is 5.56. The van der Waals surface area contributed by atoms with Gasteiger partial charge in [0, 0.05) is 23.0 Å². The molecule has 15 heavy (non-hydrogen) atoms. The number of nitrogens with one attached hydrogen (secondary N) is 1. The maximum Gasteiger partial charge on any atom is 0.0334 e. The minimum Gasteiger partial charge on any atom is -0.327 e. The molecule has 1 aliphatic rings. The molecule has 1 aromatic rings. The fourth-order valence-electron chi connectivity index (χ4n) is 2.13. The molecular weight excluding hydrogens is 204 g/mol. The van der Waals surface area contributed by atoms with Crippen LogP contribution in [-0.4, -0.2) is 12.1 Å². The van der Waals surface area contributed by atoms with E-state index >= 15 is 0 Å². The molecule has 1 heterocycles. The summed E-state index contributed by atoms with van der Waals surface area (Å²) in [6.45, 7) is 4.24. The monoisotopic (exact) mass is 224 g/mol. The standard InChI is InChI=1S/C12H20N2S/c1-8(13)9(2)14-11-4-3-5-12-10(11)6-7-15-12/h6-9,11,14H,3-5,13H2,1-2H3. The van der Waals surface area contributed by atoms with E-state index < -0.39 is 0 Å². The number of aryl methyl sites for hydroxylation is 1.